The van der Waals surface area contributed by atoms with E-state index in [2.05, 4.69) is 5.10 Å². The Morgan fingerprint density at radius 3 is 2.56 bits per heavy atom. The average molecular weight is 333 g/mol. The Morgan fingerprint density at radius 2 is 1.84 bits per heavy atom. The fraction of sp³-hybridized carbons (Fsp3) is 0.200. The van der Waals surface area contributed by atoms with Gasteiger partial charge in [0.1, 0.15) is 11.3 Å². The van der Waals surface area contributed by atoms with E-state index in [1.54, 1.807) is 7.11 Å². The summed E-state index contributed by atoms with van der Waals surface area (Å²) < 4.78 is 8.79. The lowest BCUT2D eigenvalue weighted by Crippen LogP contribution is -2.24. The van der Waals surface area contributed by atoms with Crippen molar-refractivity contribution in [3.05, 3.63) is 64.1 Å². The molecule has 4 aromatic rings. The van der Waals surface area contributed by atoms with E-state index in [-0.39, 0.29) is 5.56 Å². The second-order valence-electron chi connectivity index (χ2n) is 6.25. The third-order valence-electron chi connectivity index (χ3n) is 4.76. The lowest BCUT2D eigenvalue weighted by Gasteiger charge is -2.10. The Labute approximate surface area is 145 Å². The molecule has 0 aliphatic rings. The molecule has 5 heteroatoms. The topological polar surface area (TPSA) is 49.1 Å². The van der Waals surface area contributed by atoms with Gasteiger partial charge in [0, 0.05) is 23.3 Å². The molecule has 0 atom stereocenters. The number of rotatable bonds is 2. The summed E-state index contributed by atoms with van der Waals surface area (Å²) in [5.74, 6) is 0.766. The normalized spacial score (nSPS) is 11.4. The summed E-state index contributed by atoms with van der Waals surface area (Å²) in [6.07, 6.45) is 0. The number of hydrogen-bond donors (Lipinski definition) is 0. The molecular formula is C20H19N3O2. The molecule has 0 radical (unpaired) electrons. The standard InChI is InChI=1S/C20H19N3O2/c1-12-7-5-6-8-16(12)23-20(24)19-18(13(2)21-23)15-11-14(25-4)9-10-17(15)22(19)3/h5-11H,1-4H3. The highest BCUT2D eigenvalue weighted by atomic mass is 16.5. The summed E-state index contributed by atoms with van der Waals surface area (Å²) in [6, 6.07) is 13.6. The molecule has 0 amide bonds. The van der Waals surface area contributed by atoms with Gasteiger partial charge in [0.15, 0.2) is 0 Å². The molecule has 0 saturated carbocycles. The van der Waals surface area contributed by atoms with Crippen LogP contribution in [-0.2, 0) is 7.05 Å². The lowest BCUT2D eigenvalue weighted by molar-refractivity contribution is 0.415. The molecular weight excluding hydrogens is 314 g/mol. The van der Waals surface area contributed by atoms with Crippen LogP contribution in [0.3, 0.4) is 0 Å². The van der Waals surface area contributed by atoms with Gasteiger partial charge in [-0.15, -0.1) is 0 Å². The second kappa shape index (κ2) is 5.48. The maximum atomic E-state index is 13.2. The summed E-state index contributed by atoms with van der Waals surface area (Å²) >= 11 is 0. The first-order valence-electron chi connectivity index (χ1n) is 8.15. The molecule has 126 valence electrons. The molecule has 4 rings (SSSR count). The highest BCUT2D eigenvalue weighted by Gasteiger charge is 2.18. The van der Waals surface area contributed by atoms with E-state index in [1.165, 1.54) is 4.68 Å². The van der Waals surface area contributed by atoms with Gasteiger partial charge in [-0.3, -0.25) is 4.79 Å². The summed E-state index contributed by atoms with van der Waals surface area (Å²) in [6.45, 7) is 3.92. The van der Waals surface area contributed by atoms with Crippen molar-refractivity contribution in [1.29, 1.82) is 0 Å². The van der Waals surface area contributed by atoms with Gasteiger partial charge >= 0.3 is 0 Å². The van der Waals surface area contributed by atoms with Crippen molar-refractivity contribution in [1.82, 2.24) is 14.3 Å². The Hall–Kier alpha value is -3.08. The molecule has 25 heavy (non-hydrogen) atoms. The fourth-order valence-corrected chi connectivity index (χ4v) is 3.48. The number of methoxy groups -OCH3 is 1. The first kappa shape index (κ1) is 15.4. The van der Waals surface area contributed by atoms with Gasteiger partial charge in [0.2, 0.25) is 0 Å². The van der Waals surface area contributed by atoms with Crippen LogP contribution in [0, 0.1) is 13.8 Å². The van der Waals surface area contributed by atoms with Gasteiger partial charge in [-0.05, 0) is 43.7 Å². The Morgan fingerprint density at radius 1 is 1.08 bits per heavy atom. The van der Waals surface area contributed by atoms with Crippen LogP contribution in [-0.4, -0.2) is 21.5 Å². The first-order valence-corrected chi connectivity index (χ1v) is 8.15. The Kier molecular flexibility index (Phi) is 3.39. The van der Waals surface area contributed by atoms with Crippen molar-refractivity contribution in [2.75, 3.05) is 7.11 Å². The van der Waals surface area contributed by atoms with E-state index in [4.69, 9.17) is 4.74 Å². The van der Waals surface area contributed by atoms with Gasteiger partial charge in [0.25, 0.3) is 5.56 Å². The monoisotopic (exact) mass is 333 g/mol. The summed E-state index contributed by atoms with van der Waals surface area (Å²) in [5, 5.41) is 6.46. The number of fused-ring (bicyclic) bond motifs is 3. The van der Waals surface area contributed by atoms with Gasteiger partial charge in [0.05, 0.1) is 18.5 Å². The number of para-hydroxylation sites is 1. The maximum Gasteiger partial charge on any atom is 0.296 e. The molecule has 0 N–H and O–H groups in total. The van der Waals surface area contributed by atoms with Crippen LogP contribution >= 0.6 is 0 Å². The van der Waals surface area contributed by atoms with Crippen LogP contribution in [0.25, 0.3) is 27.5 Å². The average Bonchev–Trinajstić information content (AvgIpc) is 2.92. The van der Waals surface area contributed by atoms with E-state index < -0.39 is 0 Å². The van der Waals surface area contributed by atoms with Crippen molar-refractivity contribution in [2.45, 2.75) is 13.8 Å². The van der Waals surface area contributed by atoms with E-state index in [0.717, 1.165) is 39.0 Å². The van der Waals surface area contributed by atoms with E-state index >= 15 is 0 Å². The fourth-order valence-electron chi connectivity index (χ4n) is 3.48. The van der Waals surface area contributed by atoms with Crippen LogP contribution < -0.4 is 10.3 Å². The van der Waals surface area contributed by atoms with Crippen LogP contribution in [0.15, 0.2) is 47.3 Å². The van der Waals surface area contributed by atoms with Gasteiger partial charge in [-0.2, -0.15) is 9.78 Å². The minimum atomic E-state index is -0.118. The molecule has 0 fully saturated rings. The predicted molar refractivity (Wildman–Crippen MR) is 99.8 cm³/mol. The SMILES string of the molecule is COc1ccc2c(c1)c1c(C)nn(-c3ccccc3C)c(=O)c1n2C. The van der Waals surface area contributed by atoms with Crippen LogP contribution in [0.2, 0.25) is 0 Å². The van der Waals surface area contributed by atoms with Crippen LogP contribution in [0.4, 0.5) is 0 Å². The van der Waals surface area contributed by atoms with Crippen molar-refractivity contribution < 1.29 is 4.74 Å². The number of aryl methyl sites for hydroxylation is 3. The van der Waals surface area contributed by atoms with Gasteiger partial charge < -0.3 is 9.30 Å². The summed E-state index contributed by atoms with van der Waals surface area (Å²) in [5.41, 5.74) is 4.15. The maximum absolute atomic E-state index is 13.2. The number of benzene rings is 2. The zero-order valence-corrected chi connectivity index (χ0v) is 14.7. The molecule has 2 heterocycles. The Bertz CT molecular complexity index is 1190. The molecule has 2 aromatic heterocycles. The van der Waals surface area contributed by atoms with E-state index in [1.807, 2.05) is 67.9 Å². The van der Waals surface area contributed by atoms with E-state index in [0.29, 0.717) is 5.52 Å². The second-order valence-corrected chi connectivity index (χ2v) is 6.25. The number of nitrogens with zero attached hydrogens (tertiary/aromatic N) is 3. The van der Waals surface area contributed by atoms with Crippen molar-refractivity contribution in [2.24, 2.45) is 7.05 Å². The number of aromatic nitrogens is 3. The van der Waals surface area contributed by atoms with E-state index in [9.17, 15) is 4.79 Å². The number of hydrogen-bond acceptors (Lipinski definition) is 3. The van der Waals surface area contributed by atoms with Crippen LogP contribution in [0.5, 0.6) is 5.75 Å². The Balaban J connectivity index is 2.17. The zero-order valence-electron chi connectivity index (χ0n) is 14.7. The molecule has 0 saturated heterocycles. The third kappa shape index (κ3) is 2.16. The minimum absolute atomic E-state index is 0.118. The zero-order chi connectivity index (χ0) is 17.7. The smallest absolute Gasteiger partial charge is 0.296 e. The van der Waals surface area contributed by atoms with Crippen LogP contribution in [0.1, 0.15) is 11.3 Å². The molecule has 0 aliphatic carbocycles. The molecule has 0 bridgehead atoms. The molecule has 0 spiro atoms. The molecule has 0 unspecified atom stereocenters. The first-order chi connectivity index (χ1) is 12.0. The minimum Gasteiger partial charge on any atom is -0.497 e. The van der Waals surface area contributed by atoms with Gasteiger partial charge in [-0.1, -0.05) is 18.2 Å². The highest BCUT2D eigenvalue weighted by molar-refractivity contribution is 6.09. The summed E-state index contributed by atoms with van der Waals surface area (Å²) in [4.78, 5) is 13.2. The lowest BCUT2D eigenvalue weighted by atomic mass is 10.1. The van der Waals surface area contributed by atoms with Crippen molar-refractivity contribution in [3.8, 4) is 11.4 Å². The molecule has 5 nitrogen and oxygen atoms in total. The van der Waals surface area contributed by atoms with Crippen molar-refractivity contribution >= 4 is 21.8 Å². The summed E-state index contributed by atoms with van der Waals surface area (Å²) in [7, 11) is 3.56. The third-order valence-corrected chi connectivity index (χ3v) is 4.76. The molecule has 2 aromatic carbocycles. The highest BCUT2D eigenvalue weighted by Crippen LogP contribution is 2.31. The predicted octanol–water partition coefficient (Wildman–Crippen LogP) is 3.50. The van der Waals surface area contributed by atoms with Gasteiger partial charge in [-0.25, -0.2) is 0 Å². The molecule has 0 aliphatic heterocycles. The number of ether oxygens (including phenoxy) is 1. The quantitative estimate of drug-likeness (QED) is 0.564. The largest absolute Gasteiger partial charge is 0.497 e. The van der Waals surface area contributed by atoms with Crippen molar-refractivity contribution in [3.63, 3.8) is 0 Å².